The first-order chi connectivity index (χ1) is 11.1. The molecule has 0 saturated carbocycles. The van der Waals surface area contributed by atoms with Crippen LogP contribution in [0.2, 0.25) is 15.1 Å². The molecule has 0 aliphatic carbocycles. The number of para-hydroxylation sites is 1. The van der Waals surface area contributed by atoms with Crippen LogP contribution < -0.4 is 5.73 Å². The normalized spacial score (nSPS) is 11.3. The second-order valence-electron chi connectivity index (χ2n) is 5.51. The van der Waals surface area contributed by atoms with Gasteiger partial charge >= 0.3 is 0 Å². The van der Waals surface area contributed by atoms with E-state index in [0.29, 0.717) is 21.6 Å². The zero-order valence-corrected chi connectivity index (χ0v) is 14.8. The third kappa shape index (κ3) is 3.36. The number of nitrogens with one attached hydrogen (secondary N) is 1. The SMILES string of the molecule is NCCCCc1c(-c2cc(Cl)ccc2Cl)[nH]c2c(Cl)cccc12. The molecule has 1 aromatic heterocycles. The van der Waals surface area contributed by atoms with E-state index in [2.05, 4.69) is 11.1 Å². The summed E-state index contributed by atoms with van der Waals surface area (Å²) in [7, 11) is 0. The molecule has 0 fully saturated rings. The van der Waals surface area contributed by atoms with Gasteiger partial charge in [0, 0.05) is 21.0 Å². The van der Waals surface area contributed by atoms with Crippen LogP contribution in [0.5, 0.6) is 0 Å². The van der Waals surface area contributed by atoms with Crippen molar-refractivity contribution in [2.75, 3.05) is 6.54 Å². The van der Waals surface area contributed by atoms with Crippen LogP contribution in [0.3, 0.4) is 0 Å². The van der Waals surface area contributed by atoms with Crippen LogP contribution in [0.1, 0.15) is 18.4 Å². The average molecular weight is 368 g/mol. The zero-order chi connectivity index (χ0) is 16.4. The van der Waals surface area contributed by atoms with E-state index in [4.69, 9.17) is 40.5 Å². The van der Waals surface area contributed by atoms with Crippen LogP contribution in [0.15, 0.2) is 36.4 Å². The molecule has 0 aliphatic heterocycles. The zero-order valence-electron chi connectivity index (χ0n) is 12.5. The van der Waals surface area contributed by atoms with Gasteiger partial charge in [0.25, 0.3) is 0 Å². The van der Waals surface area contributed by atoms with Gasteiger partial charge in [-0.05, 0) is 55.6 Å². The van der Waals surface area contributed by atoms with E-state index >= 15 is 0 Å². The molecular weight excluding hydrogens is 351 g/mol. The fourth-order valence-corrected chi connectivity index (χ4v) is 3.47. The third-order valence-corrected chi connectivity index (χ3v) is 4.85. The molecule has 0 spiro atoms. The Labute approximate surface area is 150 Å². The highest BCUT2D eigenvalue weighted by atomic mass is 35.5. The second kappa shape index (κ2) is 7.14. The van der Waals surface area contributed by atoms with Gasteiger partial charge in [0.05, 0.1) is 16.2 Å². The van der Waals surface area contributed by atoms with E-state index in [1.54, 1.807) is 6.07 Å². The quantitative estimate of drug-likeness (QED) is 0.527. The highest BCUT2D eigenvalue weighted by Crippen LogP contribution is 2.38. The Hall–Kier alpha value is -1.19. The first-order valence-electron chi connectivity index (χ1n) is 7.56. The van der Waals surface area contributed by atoms with Crippen LogP contribution in [0.25, 0.3) is 22.2 Å². The number of aromatic amines is 1. The van der Waals surface area contributed by atoms with Crippen molar-refractivity contribution in [1.82, 2.24) is 4.98 Å². The molecule has 3 rings (SSSR count). The van der Waals surface area contributed by atoms with Gasteiger partial charge in [-0.1, -0.05) is 46.9 Å². The molecule has 120 valence electrons. The van der Waals surface area contributed by atoms with E-state index in [9.17, 15) is 0 Å². The van der Waals surface area contributed by atoms with Crippen molar-refractivity contribution in [3.05, 3.63) is 57.0 Å². The fourth-order valence-electron chi connectivity index (χ4n) is 2.86. The lowest BCUT2D eigenvalue weighted by atomic mass is 10.0. The van der Waals surface area contributed by atoms with Crippen molar-refractivity contribution in [3.63, 3.8) is 0 Å². The number of hydrogen-bond donors (Lipinski definition) is 2. The summed E-state index contributed by atoms with van der Waals surface area (Å²) in [6.45, 7) is 0.691. The maximum atomic E-state index is 6.40. The number of unbranched alkanes of at least 4 members (excludes halogenated alkanes) is 1. The molecule has 0 saturated heterocycles. The summed E-state index contributed by atoms with van der Waals surface area (Å²) >= 11 is 18.9. The maximum absolute atomic E-state index is 6.40. The first kappa shape index (κ1) is 16.7. The molecule has 0 aliphatic rings. The number of nitrogens with two attached hydrogens (primary N) is 1. The Morgan fingerprint density at radius 1 is 0.957 bits per heavy atom. The standard InChI is InChI=1S/C18H17Cl3N2/c19-11-7-8-15(20)14(10-11)17-12(4-1-2-9-22)13-5-3-6-16(21)18(13)23-17/h3,5-8,10,23H,1-2,4,9,22H2. The molecule has 0 radical (unpaired) electrons. The molecule has 2 aromatic carbocycles. The number of aryl methyl sites for hydroxylation is 1. The van der Waals surface area contributed by atoms with E-state index in [1.807, 2.05) is 24.3 Å². The number of aromatic nitrogens is 1. The monoisotopic (exact) mass is 366 g/mol. The third-order valence-electron chi connectivity index (χ3n) is 3.97. The molecule has 0 atom stereocenters. The predicted octanol–water partition coefficient (Wildman–Crippen LogP) is 6.08. The van der Waals surface area contributed by atoms with E-state index < -0.39 is 0 Å². The summed E-state index contributed by atoms with van der Waals surface area (Å²) in [6, 6.07) is 11.4. The van der Waals surface area contributed by atoms with Crippen LogP contribution in [-0.4, -0.2) is 11.5 Å². The number of halogens is 3. The molecule has 5 heteroatoms. The second-order valence-corrected chi connectivity index (χ2v) is 6.76. The van der Waals surface area contributed by atoms with Crippen LogP contribution in [0.4, 0.5) is 0 Å². The van der Waals surface area contributed by atoms with Gasteiger partial charge in [-0.25, -0.2) is 0 Å². The first-order valence-corrected chi connectivity index (χ1v) is 8.69. The molecule has 3 aromatic rings. The van der Waals surface area contributed by atoms with Gasteiger partial charge < -0.3 is 10.7 Å². The van der Waals surface area contributed by atoms with E-state index in [0.717, 1.165) is 41.4 Å². The van der Waals surface area contributed by atoms with Crippen molar-refractivity contribution < 1.29 is 0 Å². The van der Waals surface area contributed by atoms with E-state index in [-0.39, 0.29) is 0 Å². The van der Waals surface area contributed by atoms with Gasteiger partial charge in [-0.3, -0.25) is 0 Å². The van der Waals surface area contributed by atoms with Gasteiger partial charge in [-0.15, -0.1) is 0 Å². The van der Waals surface area contributed by atoms with Crippen molar-refractivity contribution >= 4 is 45.7 Å². The summed E-state index contributed by atoms with van der Waals surface area (Å²) < 4.78 is 0. The van der Waals surface area contributed by atoms with Gasteiger partial charge in [-0.2, -0.15) is 0 Å². The molecule has 23 heavy (non-hydrogen) atoms. The van der Waals surface area contributed by atoms with Crippen molar-refractivity contribution in [3.8, 4) is 11.3 Å². The lowest BCUT2D eigenvalue weighted by molar-refractivity contribution is 0.748. The predicted molar refractivity (Wildman–Crippen MR) is 101 cm³/mol. The molecule has 0 amide bonds. The topological polar surface area (TPSA) is 41.8 Å². The van der Waals surface area contributed by atoms with Crippen LogP contribution >= 0.6 is 34.8 Å². The molecule has 0 unspecified atom stereocenters. The number of hydrogen-bond acceptors (Lipinski definition) is 1. The largest absolute Gasteiger partial charge is 0.353 e. The fraction of sp³-hybridized carbons (Fsp3) is 0.222. The van der Waals surface area contributed by atoms with Crippen LogP contribution in [-0.2, 0) is 6.42 Å². The Morgan fingerprint density at radius 3 is 2.57 bits per heavy atom. The Balaban J connectivity index is 2.20. The van der Waals surface area contributed by atoms with Crippen molar-refractivity contribution in [1.29, 1.82) is 0 Å². The average Bonchev–Trinajstić information content (AvgIpc) is 2.90. The molecule has 3 N–H and O–H groups in total. The van der Waals surface area contributed by atoms with Crippen molar-refractivity contribution in [2.24, 2.45) is 5.73 Å². The number of benzene rings is 2. The van der Waals surface area contributed by atoms with Crippen LogP contribution in [0, 0.1) is 0 Å². The minimum absolute atomic E-state index is 0.655. The summed E-state index contributed by atoms with van der Waals surface area (Å²) in [5.41, 5.74) is 9.65. The minimum atomic E-state index is 0.655. The van der Waals surface area contributed by atoms with Gasteiger partial charge in [0.15, 0.2) is 0 Å². The summed E-state index contributed by atoms with van der Waals surface area (Å²) in [6.07, 6.45) is 2.91. The number of H-pyrrole nitrogens is 1. The molecule has 2 nitrogen and oxygen atoms in total. The number of fused-ring (bicyclic) bond motifs is 1. The smallest absolute Gasteiger partial charge is 0.0651 e. The summed E-state index contributed by atoms with van der Waals surface area (Å²) in [5.74, 6) is 0. The van der Waals surface area contributed by atoms with Gasteiger partial charge in [0.2, 0.25) is 0 Å². The highest BCUT2D eigenvalue weighted by molar-refractivity contribution is 6.36. The Morgan fingerprint density at radius 2 is 1.78 bits per heavy atom. The number of rotatable bonds is 5. The lowest BCUT2D eigenvalue weighted by Crippen LogP contribution is -1.99. The Kier molecular flexibility index (Phi) is 5.17. The maximum Gasteiger partial charge on any atom is 0.0651 e. The highest BCUT2D eigenvalue weighted by Gasteiger charge is 2.16. The van der Waals surface area contributed by atoms with Crippen molar-refractivity contribution in [2.45, 2.75) is 19.3 Å². The van der Waals surface area contributed by atoms with E-state index in [1.165, 1.54) is 5.56 Å². The molecular formula is C18H17Cl3N2. The minimum Gasteiger partial charge on any atom is -0.353 e. The Bertz CT molecular complexity index is 840. The lowest BCUT2D eigenvalue weighted by Gasteiger charge is -2.07. The molecule has 1 heterocycles. The summed E-state index contributed by atoms with van der Waals surface area (Å²) in [5, 5.41) is 3.15. The van der Waals surface area contributed by atoms with Gasteiger partial charge in [0.1, 0.15) is 0 Å². The molecule has 0 bridgehead atoms. The summed E-state index contributed by atoms with van der Waals surface area (Å²) in [4.78, 5) is 3.44.